The van der Waals surface area contributed by atoms with Crippen LogP contribution in [0.3, 0.4) is 0 Å². The van der Waals surface area contributed by atoms with Gasteiger partial charge in [-0.2, -0.15) is 0 Å². The van der Waals surface area contributed by atoms with Gasteiger partial charge in [0.1, 0.15) is 21.9 Å². The van der Waals surface area contributed by atoms with Gasteiger partial charge in [-0.25, -0.2) is 9.98 Å². The molecule has 1 aromatic carbocycles. The highest BCUT2D eigenvalue weighted by Crippen LogP contribution is 2.28. The molecule has 0 amide bonds. The van der Waals surface area contributed by atoms with Gasteiger partial charge in [-0.1, -0.05) is 12.1 Å². The molecule has 0 fully saturated rings. The van der Waals surface area contributed by atoms with Gasteiger partial charge in [0.05, 0.1) is 26.3 Å². The second kappa shape index (κ2) is 7.65. The smallest absolute Gasteiger partial charge is 0.194 e. The van der Waals surface area contributed by atoms with Crippen molar-refractivity contribution in [2.24, 2.45) is 10.7 Å². The van der Waals surface area contributed by atoms with Crippen LogP contribution in [0.4, 0.5) is 5.82 Å². The van der Waals surface area contributed by atoms with Gasteiger partial charge in [0, 0.05) is 0 Å². The average Bonchev–Trinajstić information content (AvgIpc) is 2.52. The van der Waals surface area contributed by atoms with E-state index in [1.807, 2.05) is 30.3 Å². The maximum absolute atomic E-state index is 5.89. The molecular weight excluding hydrogens is 348 g/mol. The van der Waals surface area contributed by atoms with Crippen LogP contribution in [0.15, 0.2) is 46.0 Å². The number of hydrogen-bond donors (Lipinski definition) is 2. The Morgan fingerprint density at radius 2 is 1.82 bits per heavy atom. The van der Waals surface area contributed by atoms with Gasteiger partial charge in [0.2, 0.25) is 0 Å². The minimum Gasteiger partial charge on any atom is -0.496 e. The third-order valence-electron chi connectivity index (χ3n) is 2.91. The Balaban J connectivity index is 2.14. The first-order valence-corrected chi connectivity index (χ1v) is 7.32. The third kappa shape index (κ3) is 4.11. The lowest BCUT2D eigenvalue weighted by Gasteiger charge is -2.11. The van der Waals surface area contributed by atoms with E-state index in [0.29, 0.717) is 23.9 Å². The van der Waals surface area contributed by atoms with Gasteiger partial charge in [0.15, 0.2) is 5.96 Å². The number of halogens is 1. The van der Waals surface area contributed by atoms with E-state index in [2.05, 4.69) is 31.2 Å². The van der Waals surface area contributed by atoms with Crippen molar-refractivity contribution in [2.45, 2.75) is 6.54 Å². The Morgan fingerprint density at radius 1 is 1.18 bits per heavy atom. The van der Waals surface area contributed by atoms with Gasteiger partial charge in [-0.3, -0.25) is 0 Å². The van der Waals surface area contributed by atoms with Crippen molar-refractivity contribution in [3.05, 3.63) is 46.6 Å². The summed E-state index contributed by atoms with van der Waals surface area (Å²) in [6.07, 6.45) is 0. The number of nitrogens with zero attached hydrogens (tertiary/aromatic N) is 2. The molecule has 7 heteroatoms. The first-order chi connectivity index (χ1) is 10.6. The van der Waals surface area contributed by atoms with Gasteiger partial charge in [-0.15, -0.1) is 0 Å². The van der Waals surface area contributed by atoms with Crippen LogP contribution in [0.1, 0.15) is 5.56 Å². The van der Waals surface area contributed by atoms with Crippen molar-refractivity contribution >= 4 is 27.7 Å². The molecule has 1 heterocycles. The first-order valence-electron chi connectivity index (χ1n) is 6.53. The molecule has 0 aliphatic carbocycles. The monoisotopic (exact) mass is 364 g/mol. The fraction of sp³-hybridized carbons (Fsp3) is 0.200. The number of methoxy groups -OCH3 is 2. The summed E-state index contributed by atoms with van der Waals surface area (Å²) in [6.45, 7) is 0.333. The normalized spacial score (nSPS) is 11.1. The molecule has 0 spiro atoms. The van der Waals surface area contributed by atoms with Crippen molar-refractivity contribution in [1.29, 1.82) is 0 Å². The summed E-state index contributed by atoms with van der Waals surface area (Å²) in [5.41, 5.74) is 6.72. The van der Waals surface area contributed by atoms with Crippen LogP contribution in [-0.4, -0.2) is 25.2 Å². The van der Waals surface area contributed by atoms with Crippen molar-refractivity contribution < 1.29 is 9.47 Å². The van der Waals surface area contributed by atoms with Gasteiger partial charge in [0.25, 0.3) is 0 Å². The van der Waals surface area contributed by atoms with Crippen molar-refractivity contribution in [1.82, 2.24) is 4.98 Å². The molecule has 0 unspecified atom stereocenters. The van der Waals surface area contributed by atoms with E-state index in [0.717, 1.165) is 10.2 Å². The summed E-state index contributed by atoms with van der Waals surface area (Å²) in [6, 6.07) is 11.1. The minimum atomic E-state index is 0.263. The highest BCUT2D eigenvalue weighted by atomic mass is 79.9. The zero-order valence-corrected chi connectivity index (χ0v) is 13.9. The summed E-state index contributed by atoms with van der Waals surface area (Å²) >= 11 is 3.30. The van der Waals surface area contributed by atoms with E-state index >= 15 is 0 Å². The lowest BCUT2D eigenvalue weighted by atomic mass is 10.2. The number of pyridine rings is 1. The fourth-order valence-corrected chi connectivity index (χ4v) is 2.24. The van der Waals surface area contributed by atoms with Gasteiger partial charge >= 0.3 is 0 Å². The number of hydrogen-bond acceptors (Lipinski definition) is 4. The van der Waals surface area contributed by atoms with Gasteiger partial charge in [-0.05, 0) is 40.2 Å². The van der Waals surface area contributed by atoms with E-state index in [9.17, 15) is 0 Å². The number of ether oxygens (including phenoxy) is 2. The maximum atomic E-state index is 5.89. The van der Waals surface area contributed by atoms with Crippen LogP contribution >= 0.6 is 15.9 Å². The molecule has 0 bridgehead atoms. The van der Waals surface area contributed by atoms with Crippen LogP contribution in [0.25, 0.3) is 0 Å². The number of nitrogens with one attached hydrogen (secondary N) is 1. The predicted molar refractivity (Wildman–Crippen MR) is 90.4 cm³/mol. The molecule has 1 aromatic heterocycles. The number of anilines is 1. The minimum absolute atomic E-state index is 0.263. The first kappa shape index (κ1) is 16.1. The molecule has 0 saturated heterocycles. The largest absolute Gasteiger partial charge is 0.496 e. The second-order valence-electron chi connectivity index (χ2n) is 4.31. The summed E-state index contributed by atoms with van der Waals surface area (Å²) in [5, 5.41) is 2.93. The van der Waals surface area contributed by atoms with E-state index < -0.39 is 0 Å². The molecule has 0 radical (unpaired) electrons. The molecule has 2 rings (SSSR count). The van der Waals surface area contributed by atoms with E-state index in [-0.39, 0.29) is 5.96 Å². The van der Waals surface area contributed by atoms with Crippen LogP contribution < -0.4 is 20.5 Å². The molecule has 0 aliphatic rings. The third-order valence-corrected chi connectivity index (χ3v) is 3.35. The number of benzene rings is 1. The molecule has 0 saturated carbocycles. The maximum Gasteiger partial charge on any atom is 0.194 e. The number of aromatic nitrogens is 1. The molecule has 22 heavy (non-hydrogen) atoms. The Bertz CT molecular complexity index is 654. The lowest BCUT2D eigenvalue weighted by Crippen LogP contribution is -2.23. The highest BCUT2D eigenvalue weighted by molar-refractivity contribution is 9.10. The summed E-state index contributed by atoms with van der Waals surface area (Å²) < 4.78 is 11.4. The van der Waals surface area contributed by atoms with Crippen molar-refractivity contribution in [3.63, 3.8) is 0 Å². The number of rotatable bonds is 5. The van der Waals surface area contributed by atoms with Crippen LogP contribution in [-0.2, 0) is 6.54 Å². The molecule has 0 atom stereocenters. The lowest BCUT2D eigenvalue weighted by molar-refractivity contribution is 0.385. The molecule has 6 nitrogen and oxygen atoms in total. The Hall–Kier alpha value is -2.28. The molecule has 3 N–H and O–H groups in total. The fourth-order valence-electron chi connectivity index (χ4n) is 1.90. The number of aliphatic imine (C=N–C) groups is 1. The number of nitrogens with two attached hydrogens (primary N) is 1. The molecule has 0 aliphatic heterocycles. The zero-order valence-electron chi connectivity index (χ0n) is 12.3. The zero-order chi connectivity index (χ0) is 15.9. The highest BCUT2D eigenvalue weighted by Gasteiger charge is 2.09. The quantitative estimate of drug-likeness (QED) is 0.484. The topological polar surface area (TPSA) is 81.8 Å². The summed E-state index contributed by atoms with van der Waals surface area (Å²) in [4.78, 5) is 8.54. The molecular formula is C15H17BrN4O2. The van der Waals surface area contributed by atoms with Crippen LogP contribution in [0.2, 0.25) is 0 Å². The standard InChI is InChI=1S/C15H17BrN4O2/c1-21-11-5-3-6-12(22-2)10(11)9-18-15(17)20-14-8-4-7-13(16)19-14/h3-8H,9H2,1-2H3,(H3,17,18,19,20). The van der Waals surface area contributed by atoms with Gasteiger partial charge < -0.3 is 20.5 Å². The van der Waals surface area contributed by atoms with Crippen molar-refractivity contribution in [3.8, 4) is 11.5 Å². The SMILES string of the molecule is COc1cccc(OC)c1CN=C(N)Nc1cccc(Br)n1. The Labute approximate surface area is 137 Å². The van der Waals surface area contributed by atoms with E-state index in [1.165, 1.54) is 0 Å². The van der Waals surface area contributed by atoms with E-state index in [4.69, 9.17) is 15.2 Å². The number of guanidine groups is 1. The van der Waals surface area contributed by atoms with Crippen LogP contribution in [0, 0.1) is 0 Å². The second-order valence-corrected chi connectivity index (χ2v) is 5.13. The Kier molecular flexibility index (Phi) is 5.60. The average molecular weight is 365 g/mol. The van der Waals surface area contributed by atoms with Crippen LogP contribution in [0.5, 0.6) is 11.5 Å². The Morgan fingerprint density at radius 3 is 2.41 bits per heavy atom. The van der Waals surface area contributed by atoms with Crippen molar-refractivity contribution in [2.75, 3.05) is 19.5 Å². The predicted octanol–water partition coefficient (Wildman–Crippen LogP) is 2.79. The molecule has 116 valence electrons. The summed E-state index contributed by atoms with van der Waals surface area (Å²) in [5.74, 6) is 2.29. The summed E-state index contributed by atoms with van der Waals surface area (Å²) in [7, 11) is 3.21. The molecule has 2 aromatic rings. The van der Waals surface area contributed by atoms with E-state index in [1.54, 1.807) is 20.3 Å².